The molecule has 0 saturated heterocycles. The Bertz CT molecular complexity index is 590. The van der Waals surface area contributed by atoms with Crippen LogP contribution in [0.3, 0.4) is 0 Å². The van der Waals surface area contributed by atoms with Crippen molar-refractivity contribution in [2.45, 2.75) is 9.79 Å². The van der Waals surface area contributed by atoms with Gasteiger partial charge >= 0.3 is 0 Å². The van der Waals surface area contributed by atoms with E-state index in [2.05, 4.69) is 4.85 Å². The summed E-state index contributed by atoms with van der Waals surface area (Å²) < 4.78 is 26.1. The second-order valence-electron chi connectivity index (χ2n) is 3.28. The molecule has 0 bridgehead atoms. The molecule has 0 unspecified atom stereocenters. The molecule has 1 nitrogen and oxygen atoms in total. The van der Waals surface area contributed by atoms with E-state index in [9.17, 15) is 8.78 Å². The zero-order valence-corrected chi connectivity index (χ0v) is 9.47. The maximum Gasteiger partial charge on any atom is 0.201 e. The summed E-state index contributed by atoms with van der Waals surface area (Å²) in [6.07, 6.45) is 0. The first-order valence-electron chi connectivity index (χ1n) is 4.79. The lowest BCUT2D eigenvalue weighted by Gasteiger charge is -2.04. The lowest BCUT2D eigenvalue weighted by Crippen LogP contribution is -1.79. The van der Waals surface area contributed by atoms with Crippen molar-refractivity contribution in [2.75, 3.05) is 0 Å². The molecule has 0 amide bonds. The molecule has 0 N–H and O–H groups in total. The van der Waals surface area contributed by atoms with Gasteiger partial charge in [0.05, 0.1) is 6.57 Å². The van der Waals surface area contributed by atoms with Crippen molar-refractivity contribution in [3.63, 3.8) is 0 Å². The molecule has 0 aliphatic carbocycles. The summed E-state index contributed by atoms with van der Waals surface area (Å²) in [5.74, 6) is -0.757. The van der Waals surface area contributed by atoms with E-state index in [1.165, 1.54) is 42.1 Å². The minimum Gasteiger partial charge on any atom is -0.237 e. The Labute approximate surface area is 102 Å². The summed E-state index contributed by atoms with van der Waals surface area (Å²) in [4.78, 5) is 4.43. The number of benzene rings is 2. The average molecular weight is 247 g/mol. The highest BCUT2D eigenvalue weighted by atomic mass is 32.2. The second-order valence-corrected chi connectivity index (χ2v) is 4.40. The molecule has 0 aliphatic rings. The van der Waals surface area contributed by atoms with Crippen molar-refractivity contribution in [1.82, 2.24) is 0 Å². The van der Waals surface area contributed by atoms with Gasteiger partial charge in [-0.2, -0.15) is 0 Å². The van der Waals surface area contributed by atoms with E-state index in [1.807, 2.05) is 0 Å². The monoisotopic (exact) mass is 247 g/mol. The van der Waals surface area contributed by atoms with Gasteiger partial charge in [-0.05, 0) is 30.3 Å². The number of nitrogens with zero attached hydrogens (tertiary/aromatic N) is 1. The third-order valence-corrected chi connectivity index (χ3v) is 3.10. The summed E-state index contributed by atoms with van der Waals surface area (Å²) in [7, 11) is 0. The minimum atomic E-state index is -0.406. The average Bonchev–Trinajstić information content (AvgIpc) is 2.29. The van der Waals surface area contributed by atoms with Crippen LogP contribution in [-0.4, -0.2) is 0 Å². The van der Waals surface area contributed by atoms with Crippen molar-refractivity contribution in [2.24, 2.45) is 0 Å². The Morgan fingerprint density at radius 3 is 2.47 bits per heavy atom. The predicted octanol–water partition coefficient (Wildman–Crippen LogP) is 4.67. The van der Waals surface area contributed by atoms with Crippen LogP contribution in [-0.2, 0) is 0 Å². The van der Waals surface area contributed by atoms with E-state index in [-0.39, 0.29) is 5.82 Å². The van der Waals surface area contributed by atoms with E-state index in [0.717, 1.165) is 0 Å². The van der Waals surface area contributed by atoms with Crippen LogP contribution in [0.1, 0.15) is 0 Å². The summed E-state index contributed by atoms with van der Waals surface area (Å²) in [5, 5.41) is 0. The Hall–Kier alpha value is -1.86. The summed E-state index contributed by atoms with van der Waals surface area (Å²) >= 11 is 1.17. The van der Waals surface area contributed by atoms with Gasteiger partial charge in [0, 0.05) is 9.79 Å². The van der Waals surface area contributed by atoms with Gasteiger partial charge in [-0.1, -0.05) is 12.1 Å². The Morgan fingerprint density at radius 2 is 1.76 bits per heavy atom. The summed E-state index contributed by atoms with van der Waals surface area (Å²) in [5.41, 5.74) is 0.362. The molecule has 17 heavy (non-hydrogen) atoms. The van der Waals surface area contributed by atoms with Crippen molar-refractivity contribution in [1.29, 1.82) is 0 Å². The van der Waals surface area contributed by atoms with Crippen LogP contribution in [0, 0.1) is 18.2 Å². The normalized spacial score (nSPS) is 9.94. The fourth-order valence-corrected chi connectivity index (χ4v) is 2.28. The molecule has 2 aromatic carbocycles. The SMILES string of the molecule is [C-]#[N+]c1ccc(F)cc1Sc1cccc(F)c1. The third-order valence-electron chi connectivity index (χ3n) is 2.07. The second kappa shape index (κ2) is 4.98. The van der Waals surface area contributed by atoms with Gasteiger partial charge in [0.25, 0.3) is 0 Å². The fourth-order valence-electron chi connectivity index (χ4n) is 1.32. The molecular weight excluding hydrogens is 240 g/mol. The summed E-state index contributed by atoms with van der Waals surface area (Å²) in [6, 6.07) is 9.92. The highest BCUT2D eigenvalue weighted by Crippen LogP contribution is 2.35. The first kappa shape index (κ1) is 11.6. The third kappa shape index (κ3) is 2.83. The van der Waals surface area contributed by atoms with E-state index >= 15 is 0 Å². The maximum atomic E-state index is 13.1. The summed E-state index contributed by atoms with van der Waals surface area (Å²) in [6.45, 7) is 6.98. The number of rotatable bonds is 2. The molecule has 0 fully saturated rings. The van der Waals surface area contributed by atoms with Gasteiger partial charge in [-0.3, -0.25) is 0 Å². The largest absolute Gasteiger partial charge is 0.237 e. The molecule has 0 aromatic heterocycles. The first-order valence-corrected chi connectivity index (χ1v) is 5.61. The zero-order chi connectivity index (χ0) is 12.3. The van der Waals surface area contributed by atoms with Crippen LogP contribution in [0.2, 0.25) is 0 Å². The standard InChI is InChI=1S/C13H7F2NS/c1-16-12-6-5-10(15)8-13(12)17-11-4-2-3-9(14)7-11/h2-8H. The van der Waals surface area contributed by atoms with E-state index in [0.29, 0.717) is 15.5 Å². The zero-order valence-electron chi connectivity index (χ0n) is 8.65. The molecule has 0 saturated carbocycles. The van der Waals surface area contributed by atoms with Crippen LogP contribution >= 0.6 is 11.8 Å². The molecule has 0 aliphatic heterocycles. The number of hydrogen-bond acceptors (Lipinski definition) is 1. The number of hydrogen-bond donors (Lipinski definition) is 0. The lowest BCUT2D eigenvalue weighted by molar-refractivity contribution is 0.624. The van der Waals surface area contributed by atoms with Crippen LogP contribution in [0.25, 0.3) is 4.85 Å². The quantitative estimate of drug-likeness (QED) is 0.698. The van der Waals surface area contributed by atoms with Crippen LogP contribution < -0.4 is 0 Å². The Morgan fingerprint density at radius 1 is 1.00 bits per heavy atom. The van der Waals surface area contributed by atoms with E-state index in [1.54, 1.807) is 12.1 Å². The maximum absolute atomic E-state index is 13.1. The molecule has 0 spiro atoms. The highest BCUT2D eigenvalue weighted by molar-refractivity contribution is 7.99. The molecule has 0 heterocycles. The van der Waals surface area contributed by atoms with Gasteiger partial charge in [0.1, 0.15) is 11.6 Å². The highest BCUT2D eigenvalue weighted by Gasteiger charge is 2.06. The van der Waals surface area contributed by atoms with Gasteiger partial charge < -0.3 is 0 Å². The van der Waals surface area contributed by atoms with E-state index in [4.69, 9.17) is 6.57 Å². The lowest BCUT2D eigenvalue weighted by atomic mass is 10.3. The molecule has 2 rings (SSSR count). The van der Waals surface area contributed by atoms with Crippen LogP contribution in [0.15, 0.2) is 52.3 Å². The first-order chi connectivity index (χ1) is 8.19. The molecular formula is C13H7F2NS. The van der Waals surface area contributed by atoms with Crippen molar-refractivity contribution in [3.05, 3.63) is 65.5 Å². The Kier molecular flexibility index (Phi) is 3.40. The van der Waals surface area contributed by atoms with E-state index < -0.39 is 5.82 Å². The number of halogens is 2. The van der Waals surface area contributed by atoms with Crippen LogP contribution in [0.4, 0.5) is 14.5 Å². The van der Waals surface area contributed by atoms with Gasteiger partial charge in [0.15, 0.2) is 0 Å². The molecule has 84 valence electrons. The predicted molar refractivity (Wildman–Crippen MR) is 63.2 cm³/mol. The Balaban J connectivity index is 2.36. The molecule has 0 radical (unpaired) electrons. The van der Waals surface area contributed by atoms with Crippen LogP contribution in [0.5, 0.6) is 0 Å². The van der Waals surface area contributed by atoms with Crippen molar-refractivity contribution in [3.8, 4) is 0 Å². The van der Waals surface area contributed by atoms with Gasteiger partial charge in [-0.25, -0.2) is 13.6 Å². The molecule has 4 heteroatoms. The van der Waals surface area contributed by atoms with Crippen molar-refractivity contribution >= 4 is 17.4 Å². The minimum absolute atomic E-state index is 0.351. The molecule has 0 atom stereocenters. The fraction of sp³-hybridized carbons (Fsp3) is 0. The smallest absolute Gasteiger partial charge is 0.201 e. The van der Waals surface area contributed by atoms with Gasteiger partial charge in [0.2, 0.25) is 5.69 Å². The van der Waals surface area contributed by atoms with Crippen molar-refractivity contribution < 1.29 is 8.78 Å². The topological polar surface area (TPSA) is 4.36 Å². The van der Waals surface area contributed by atoms with Gasteiger partial charge in [-0.15, -0.1) is 11.8 Å². The molecule has 2 aromatic rings.